The first-order valence-corrected chi connectivity index (χ1v) is 9.68. The highest BCUT2D eigenvalue weighted by molar-refractivity contribution is 5.87. The first kappa shape index (κ1) is 19.4. The monoisotopic (exact) mass is 400 g/mol. The fraction of sp³-hybridized carbons (Fsp3) is 0.273. The number of pyridine rings is 1. The zero-order chi connectivity index (χ0) is 21.1. The molecule has 3 heterocycles. The molecule has 0 bridgehead atoms. The van der Waals surface area contributed by atoms with Gasteiger partial charge in [-0.1, -0.05) is 0 Å². The van der Waals surface area contributed by atoms with Crippen LogP contribution in [-0.4, -0.2) is 39.4 Å². The Labute approximate surface area is 173 Å². The number of ether oxygens (including phenoxy) is 1. The van der Waals surface area contributed by atoms with E-state index in [1.807, 2.05) is 18.3 Å². The van der Waals surface area contributed by atoms with Crippen LogP contribution in [0.25, 0.3) is 10.9 Å². The van der Waals surface area contributed by atoms with Crippen LogP contribution in [0.15, 0.2) is 42.7 Å². The second-order valence-corrected chi connectivity index (χ2v) is 7.25. The minimum absolute atomic E-state index is 0.196. The van der Waals surface area contributed by atoms with Crippen molar-refractivity contribution in [3.8, 4) is 23.8 Å². The van der Waals surface area contributed by atoms with Gasteiger partial charge in [-0.15, -0.1) is 0 Å². The van der Waals surface area contributed by atoms with Gasteiger partial charge in [0.25, 0.3) is 0 Å². The van der Waals surface area contributed by atoms with Gasteiger partial charge in [-0.05, 0) is 49.1 Å². The molecule has 1 aliphatic heterocycles. The average molecular weight is 400 g/mol. The van der Waals surface area contributed by atoms with Crippen molar-refractivity contribution >= 4 is 16.8 Å². The lowest BCUT2D eigenvalue weighted by Crippen LogP contribution is -2.46. The third kappa shape index (κ3) is 3.82. The molecule has 8 heteroatoms. The van der Waals surface area contributed by atoms with Crippen LogP contribution in [0.3, 0.4) is 0 Å². The van der Waals surface area contributed by atoms with Crippen LogP contribution < -0.4 is 10.5 Å². The van der Waals surface area contributed by atoms with Crippen LogP contribution >= 0.6 is 0 Å². The maximum absolute atomic E-state index is 12.7. The Morgan fingerprint density at radius 3 is 3.03 bits per heavy atom. The normalized spacial score (nSPS) is 16.8. The van der Waals surface area contributed by atoms with Gasteiger partial charge >= 0.3 is 0 Å². The van der Waals surface area contributed by atoms with Crippen molar-refractivity contribution in [2.75, 3.05) is 6.54 Å². The molecule has 0 unspecified atom stereocenters. The summed E-state index contributed by atoms with van der Waals surface area (Å²) < 4.78 is 5.80. The second-order valence-electron chi connectivity index (χ2n) is 7.25. The van der Waals surface area contributed by atoms with Crippen molar-refractivity contribution in [2.24, 2.45) is 5.73 Å². The number of nitrogens with one attached hydrogen (secondary N) is 1. The predicted octanol–water partition coefficient (Wildman–Crippen LogP) is 2.61. The summed E-state index contributed by atoms with van der Waals surface area (Å²) in [5, 5.41) is 19.1. The number of carbonyl (C=O) groups excluding carboxylic acids is 1. The highest BCUT2D eigenvalue weighted by Crippen LogP contribution is 2.28. The van der Waals surface area contributed by atoms with E-state index in [-0.39, 0.29) is 11.9 Å². The minimum Gasteiger partial charge on any atom is -0.439 e. The maximum Gasteiger partial charge on any atom is 0.240 e. The number of amides is 1. The van der Waals surface area contributed by atoms with Gasteiger partial charge in [-0.25, -0.2) is 4.98 Å². The molecule has 1 saturated heterocycles. The second kappa shape index (κ2) is 8.24. The zero-order valence-corrected chi connectivity index (χ0v) is 16.2. The molecule has 8 nitrogen and oxygen atoms in total. The standard InChI is InChI=1S/C22H20N6O2/c23-11-14-5-6-26-21(8-14)30-17-3-4-20-18(10-17)15(13-27-20)9-19(25)22(29)28-7-1-2-16(28)12-24/h3-6,8,10,13,16,19,27H,1-2,7,9,25H2/t16-,19-/m0/s1. The molecule has 0 spiro atoms. The number of rotatable bonds is 5. The Hall–Kier alpha value is -3.88. The SMILES string of the molecule is N#Cc1ccnc(Oc2ccc3[nH]cc(C[C@H](N)C(=O)N4CCC[C@H]4C#N)c3c2)c1. The van der Waals surface area contributed by atoms with E-state index in [1.165, 1.54) is 6.20 Å². The number of H-pyrrole nitrogens is 1. The summed E-state index contributed by atoms with van der Waals surface area (Å²) in [5.41, 5.74) is 8.45. The average Bonchev–Trinajstić information content (AvgIpc) is 3.40. The van der Waals surface area contributed by atoms with Crippen molar-refractivity contribution in [1.29, 1.82) is 10.5 Å². The number of carbonyl (C=O) groups is 1. The van der Waals surface area contributed by atoms with Crippen molar-refractivity contribution in [3.05, 3.63) is 53.9 Å². The Bertz CT molecular complexity index is 1170. The van der Waals surface area contributed by atoms with Crippen LogP contribution in [0, 0.1) is 22.7 Å². The molecule has 4 rings (SSSR count). The number of hydrogen-bond donors (Lipinski definition) is 2. The summed E-state index contributed by atoms with van der Waals surface area (Å²) in [6.45, 7) is 0.575. The van der Waals surface area contributed by atoms with Gasteiger partial charge in [0.05, 0.1) is 23.7 Å². The molecule has 1 fully saturated rings. The Morgan fingerprint density at radius 1 is 1.37 bits per heavy atom. The van der Waals surface area contributed by atoms with E-state index in [9.17, 15) is 10.1 Å². The molecule has 3 N–H and O–H groups in total. The molecule has 30 heavy (non-hydrogen) atoms. The molecule has 2 aromatic heterocycles. The number of hydrogen-bond acceptors (Lipinski definition) is 6. The van der Waals surface area contributed by atoms with Gasteiger partial charge < -0.3 is 20.4 Å². The van der Waals surface area contributed by atoms with E-state index in [0.29, 0.717) is 36.6 Å². The topological polar surface area (TPSA) is 132 Å². The molecular formula is C22H20N6O2. The molecule has 1 amide bonds. The summed E-state index contributed by atoms with van der Waals surface area (Å²) in [6.07, 6.45) is 5.22. The van der Waals surface area contributed by atoms with E-state index < -0.39 is 6.04 Å². The van der Waals surface area contributed by atoms with E-state index in [2.05, 4.69) is 22.1 Å². The first-order chi connectivity index (χ1) is 14.6. The highest BCUT2D eigenvalue weighted by atomic mass is 16.5. The first-order valence-electron chi connectivity index (χ1n) is 9.68. The largest absolute Gasteiger partial charge is 0.439 e. The Morgan fingerprint density at radius 2 is 2.23 bits per heavy atom. The van der Waals surface area contributed by atoms with Gasteiger partial charge in [-0.2, -0.15) is 10.5 Å². The number of aromatic nitrogens is 2. The van der Waals surface area contributed by atoms with Gasteiger partial charge in [0, 0.05) is 35.9 Å². The Kier molecular flexibility index (Phi) is 5.34. The van der Waals surface area contributed by atoms with E-state index in [1.54, 1.807) is 23.1 Å². The predicted molar refractivity (Wildman–Crippen MR) is 109 cm³/mol. The highest BCUT2D eigenvalue weighted by Gasteiger charge is 2.31. The lowest BCUT2D eigenvalue weighted by atomic mass is 10.0. The number of likely N-dealkylation sites (tertiary alicyclic amines) is 1. The number of benzene rings is 1. The summed E-state index contributed by atoms with van der Waals surface area (Å²) in [6, 6.07) is 11.8. The summed E-state index contributed by atoms with van der Waals surface area (Å²) in [4.78, 5) is 21.6. The summed E-state index contributed by atoms with van der Waals surface area (Å²) in [5.74, 6) is 0.696. The smallest absolute Gasteiger partial charge is 0.240 e. The lowest BCUT2D eigenvalue weighted by Gasteiger charge is -2.23. The molecule has 0 aliphatic carbocycles. The van der Waals surface area contributed by atoms with Crippen molar-refractivity contribution in [3.63, 3.8) is 0 Å². The van der Waals surface area contributed by atoms with Crippen molar-refractivity contribution in [2.45, 2.75) is 31.3 Å². The maximum atomic E-state index is 12.7. The van der Waals surface area contributed by atoms with Crippen LogP contribution in [0.2, 0.25) is 0 Å². The van der Waals surface area contributed by atoms with Crippen LogP contribution in [0.5, 0.6) is 11.6 Å². The number of nitriles is 2. The molecule has 0 saturated carbocycles. The number of fused-ring (bicyclic) bond motifs is 1. The molecule has 0 radical (unpaired) electrons. The van der Waals surface area contributed by atoms with Gasteiger partial charge in [0.2, 0.25) is 11.8 Å². The summed E-state index contributed by atoms with van der Waals surface area (Å²) in [7, 11) is 0. The Balaban J connectivity index is 1.53. The number of nitrogens with two attached hydrogens (primary N) is 1. The minimum atomic E-state index is -0.725. The van der Waals surface area contributed by atoms with E-state index >= 15 is 0 Å². The fourth-order valence-electron chi connectivity index (χ4n) is 3.75. The van der Waals surface area contributed by atoms with Crippen LogP contribution in [-0.2, 0) is 11.2 Å². The van der Waals surface area contributed by atoms with Crippen LogP contribution in [0.1, 0.15) is 24.0 Å². The lowest BCUT2D eigenvalue weighted by molar-refractivity contribution is -0.132. The number of nitrogens with zero attached hydrogens (tertiary/aromatic N) is 4. The van der Waals surface area contributed by atoms with Crippen molar-refractivity contribution < 1.29 is 9.53 Å². The third-order valence-corrected chi connectivity index (χ3v) is 5.27. The number of aromatic amines is 1. The van der Waals surface area contributed by atoms with Gasteiger partial charge in [0.1, 0.15) is 11.8 Å². The molecule has 150 valence electrons. The van der Waals surface area contributed by atoms with E-state index in [0.717, 1.165) is 22.9 Å². The van der Waals surface area contributed by atoms with E-state index in [4.69, 9.17) is 15.7 Å². The molecule has 1 aliphatic rings. The molecule has 2 atom stereocenters. The third-order valence-electron chi connectivity index (χ3n) is 5.27. The van der Waals surface area contributed by atoms with Gasteiger partial charge in [0.15, 0.2) is 0 Å². The molecular weight excluding hydrogens is 380 g/mol. The molecule has 3 aromatic rings. The van der Waals surface area contributed by atoms with Gasteiger partial charge in [-0.3, -0.25) is 4.79 Å². The molecule has 1 aromatic carbocycles. The summed E-state index contributed by atoms with van der Waals surface area (Å²) >= 11 is 0. The fourth-order valence-corrected chi connectivity index (χ4v) is 3.75. The van der Waals surface area contributed by atoms with Crippen LogP contribution in [0.4, 0.5) is 0 Å². The quantitative estimate of drug-likeness (QED) is 0.676. The zero-order valence-electron chi connectivity index (χ0n) is 16.2. The van der Waals surface area contributed by atoms with Crippen molar-refractivity contribution in [1.82, 2.24) is 14.9 Å².